The number of carbonyl (C=O) groups excluding carboxylic acids is 2. The molecular weight excluding hydrogens is 763 g/mol. The summed E-state index contributed by atoms with van der Waals surface area (Å²) in [5.74, 6) is -0.0500. The number of rotatable bonds is 15. The predicted molar refractivity (Wildman–Crippen MR) is 214 cm³/mol. The van der Waals surface area contributed by atoms with Crippen LogP contribution in [0.4, 0.5) is 10.3 Å². The first-order valence-electron chi connectivity index (χ1n) is 16.7. The fourth-order valence-electron chi connectivity index (χ4n) is 4.63. The van der Waals surface area contributed by atoms with Crippen LogP contribution < -0.4 is 16.0 Å². The second-order valence-electron chi connectivity index (χ2n) is 10.8. The highest BCUT2D eigenvalue weighted by Crippen LogP contribution is 2.26. The molecule has 13 heteroatoms. The zero-order valence-corrected chi connectivity index (χ0v) is 33.9. The molecule has 0 bridgehead atoms. The summed E-state index contributed by atoms with van der Waals surface area (Å²) >= 11 is 18.6. The Bertz CT molecular complexity index is 1550. The number of nitrogens with one attached hydrogen (secondary N) is 3. The van der Waals surface area contributed by atoms with Crippen LogP contribution in [-0.4, -0.2) is 63.7 Å². The maximum absolute atomic E-state index is 12.5. The van der Waals surface area contributed by atoms with Gasteiger partial charge >= 0.3 is 0 Å². The maximum Gasteiger partial charge on any atom is 0.243 e. The molecule has 2 unspecified atom stereocenters. The predicted octanol–water partition coefficient (Wildman–Crippen LogP) is 9.56. The highest BCUT2D eigenvalue weighted by atomic mass is 79.9. The van der Waals surface area contributed by atoms with Crippen LogP contribution in [0, 0.1) is 0 Å². The van der Waals surface area contributed by atoms with E-state index in [9.17, 15) is 9.59 Å². The summed E-state index contributed by atoms with van der Waals surface area (Å²) in [4.78, 5) is 36.9. The van der Waals surface area contributed by atoms with E-state index >= 15 is 0 Å². The summed E-state index contributed by atoms with van der Waals surface area (Å²) < 4.78 is 0. The number of nitrogens with zero attached hydrogens (tertiary/aromatic N) is 3. The van der Waals surface area contributed by atoms with Crippen LogP contribution in [0.1, 0.15) is 75.3 Å². The summed E-state index contributed by atoms with van der Waals surface area (Å²) in [5.41, 5.74) is 2.12. The minimum absolute atomic E-state index is 0.0137. The van der Waals surface area contributed by atoms with Crippen LogP contribution in [0.3, 0.4) is 0 Å². The van der Waals surface area contributed by atoms with Gasteiger partial charge < -0.3 is 16.0 Å². The third-order valence-corrected chi connectivity index (χ3v) is 10.9. The summed E-state index contributed by atoms with van der Waals surface area (Å²) in [6.45, 7) is 16.2. The van der Waals surface area contributed by atoms with Gasteiger partial charge in [0.05, 0.1) is 10.9 Å². The van der Waals surface area contributed by atoms with E-state index in [0.717, 1.165) is 82.8 Å². The molecule has 2 amide bonds. The largest absolute Gasteiger partial charge is 0.317 e. The molecule has 0 radical (unpaired) electrons. The van der Waals surface area contributed by atoms with Gasteiger partial charge in [-0.15, -0.1) is 22.7 Å². The van der Waals surface area contributed by atoms with Crippen LogP contribution in [-0.2, 0) is 22.4 Å². The molecule has 8 nitrogen and oxygen atoms in total. The van der Waals surface area contributed by atoms with Crippen molar-refractivity contribution in [3.8, 4) is 0 Å². The van der Waals surface area contributed by atoms with Gasteiger partial charge in [-0.2, -0.15) is 0 Å². The lowest BCUT2D eigenvalue weighted by Gasteiger charge is -2.27. The molecule has 0 fully saturated rings. The number of carbonyl (C=O) groups is 2. The van der Waals surface area contributed by atoms with E-state index < -0.39 is 0 Å². The maximum atomic E-state index is 12.5. The first kappa shape index (κ1) is 42.8. The van der Waals surface area contributed by atoms with Gasteiger partial charge in [-0.25, -0.2) is 9.97 Å². The third-order valence-electron chi connectivity index (χ3n) is 7.30. The molecule has 2 aromatic heterocycles. The van der Waals surface area contributed by atoms with E-state index in [0.29, 0.717) is 10.3 Å². The summed E-state index contributed by atoms with van der Waals surface area (Å²) in [6, 6.07) is 15.4. The number of thiazole rings is 2. The number of hydrogen-bond acceptors (Lipinski definition) is 8. The average Bonchev–Trinajstić information content (AvgIpc) is 3.74. The Morgan fingerprint density at radius 2 is 1.18 bits per heavy atom. The molecule has 0 saturated heterocycles. The number of likely N-dealkylation sites (N-methyl/N-ethyl adjacent to an activating group) is 1. The fourth-order valence-corrected chi connectivity index (χ4v) is 6.83. The van der Waals surface area contributed by atoms with Crippen molar-refractivity contribution in [1.29, 1.82) is 0 Å². The van der Waals surface area contributed by atoms with Crippen molar-refractivity contribution in [2.75, 3.05) is 36.8 Å². The molecule has 3 N–H and O–H groups in total. The quantitative estimate of drug-likeness (QED) is 0.104. The Balaban J connectivity index is 0.000000303. The lowest BCUT2D eigenvalue weighted by Crippen LogP contribution is -2.43. The average molecular weight is 813 g/mol. The van der Waals surface area contributed by atoms with Crippen LogP contribution >= 0.6 is 61.8 Å². The van der Waals surface area contributed by atoms with Crippen LogP contribution in [0.5, 0.6) is 0 Å². The number of benzene rings is 2. The first-order valence-corrected chi connectivity index (χ1v) is 20.0. The number of aromatic nitrogens is 2. The molecule has 0 saturated carbocycles. The van der Waals surface area contributed by atoms with Gasteiger partial charge in [0.1, 0.15) is 0 Å². The van der Waals surface area contributed by atoms with Crippen LogP contribution in [0.25, 0.3) is 0 Å². The van der Waals surface area contributed by atoms with E-state index in [1.54, 1.807) is 6.20 Å². The first-order chi connectivity index (χ1) is 23.6. The van der Waals surface area contributed by atoms with Gasteiger partial charge in [0.15, 0.2) is 10.3 Å². The summed E-state index contributed by atoms with van der Waals surface area (Å²) in [5, 5.41) is 11.6. The zero-order valence-electron chi connectivity index (χ0n) is 29.2. The number of amides is 2. The highest BCUT2D eigenvalue weighted by Gasteiger charge is 2.23. The van der Waals surface area contributed by atoms with Crippen LogP contribution in [0.15, 0.2) is 60.9 Å². The number of hydrogen-bond donors (Lipinski definition) is 3. The smallest absolute Gasteiger partial charge is 0.243 e. The molecule has 2 atom stereocenters. The molecule has 268 valence electrons. The molecule has 0 aliphatic carbocycles. The van der Waals surface area contributed by atoms with Crippen molar-refractivity contribution < 1.29 is 9.59 Å². The highest BCUT2D eigenvalue weighted by molar-refractivity contribution is 9.10. The Labute approximate surface area is 318 Å². The minimum Gasteiger partial charge on any atom is -0.317 e. The second kappa shape index (κ2) is 23.9. The number of anilines is 2. The molecule has 4 rings (SSSR count). The number of alkyl halides is 1. The Hall–Kier alpha value is -2.38. The minimum atomic E-state index is -0.182. The van der Waals surface area contributed by atoms with Crippen molar-refractivity contribution in [3.63, 3.8) is 0 Å². The molecular formula is C36H49BrCl2N6O2S2. The molecule has 0 aliphatic rings. The van der Waals surface area contributed by atoms with Gasteiger partial charge in [-0.1, -0.05) is 117 Å². The monoisotopic (exact) mass is 810 g/mol. The fraction of sp³-hybridized carbons (Fsp3) is 0.444. The molecule has 2 heterocycles. The van der Waals surface area contributed by atoms with Crippen molar-refractivity contribution in [1.82, 2.24) is 20.2 Å². The second-order valence-corrected chi connectivity index (χ2v) is 14.9. The van der Waals surface area contributed by atoms with Crippen molar-refractivity contribution in [2.24, 2.45) is 0 Å². The molecule has 49 heavy (non-hydrogen) atoms. The van der Waals surface area contributed by atoms with Crippen molar-refractivity contribution in [2.45, 2.75) is 78.1 Å². The van der Waals surface area contributed by atoms with Crippen LogP contribution in [0.2, 0.25) is 10.0 Å². The molecule has 0 spiro atoms. The lowest BCUT2D eigenvalue weighted by atomic mass is 10.1. The topological polar surface area (TPSA) is 99.2 Å². The van der Waals surface area contributed by atoms with E-state index in [1.807, 2.05) is 68.6 Å². The summed E-state index contributed by atoms with van der Waals surface area (Å²) in [6.07, 6.45) is 6.55. The third kappa shape index (κ3) is 15.2. The van der Waals surface area contributed by atoms with Gasteiger partial charge in [-0.3, -0.25) is 14.5 Å². The molecule has 2 aromatic carbocycles. The number of halogens is 3. The molecule has 0 aliphatic heterocycles. The lowest BCUT2D eigenvalue weighted by molar-refractivity contribution is -0.121. The Morgan fingerprint density at radius 3 is 1.55 bits per heavy atom. The van der Waals surface area contributed by atoms with E-state index in [2.05, 4.69) is 74.4 Å². The van der Waals surface area contributed by atoms with E-state index in [-0.39, 0.29) is 22.7 Å². The Morgan fingerprint density at radius 1 is 0.735 bits per heavy atom. The standard InChI is InChI=1S/C18H24ClN3OS.C14H14BrClN2OS.C4H11N/c1-4-16(22(5-2)6-3)17(23)21-18-20-12-14(24-18)11-13-9-7-8-10-15(13)19;1-2-11(15)13(19)18-14-17-8-10(20-14)7-9-5-3-4-6-12(9)16;1-3-5-4-2/h7-10,12,16H,4-6,11H2,1-3H3,(H,20,21,23);3-6,8,11H,2,7H2,1H3,(H,17,18,19);5H,3-4H2,1-2H3. The van der Waals surface area contributed by atoms with Crippen molar-refractivity contribution in [3.05, 3.63) is 91.9 Å². The summed E-state index contributed by atoms with van der Waals surface area (Å²) in [7, 11) is 0. The van der Waals surface area contributed by atoms with E-state index in [4.69, 9.17) is 23.2 Å². The normalized spacial score (nSPS) is 11.9. The van der Waals surface area contributed by atoms with Crippen molar-refractivity contribution >= 4 is 83.9 Å². The van der Waals surface area contributed by atoms with E-state index in [1.165, 1.54) is 22.7 Å². The Kier molecular flexibility index (Phi) is 20.9. The van der Waals surface area contributed by atoms with Gasteiger partial charge in [0.25, 0.3) is 0 Å². The molecule has 4 aromatic rings. The van der Waals surface area contributed by atoms with Gasteiger partial charge in [-0.05, 0) is 62.3 Å². The zero-order chi connectivity index (χ0) is 36.2. The van der Waals surface area contributed by atoms with Gasteiger partial charge in [0, 0.05) is 45.0 Å². The van der Waals surface area contributed by atoms with Gasteiger partial charge in [0.2, 0.25) is 11.8 Å². The SMILES string of the molecule is CCC(Br)C(=O)Nc1ncc(Cc2ccccc2Cl)s1.CCC(C(=O)Nc1ncc(Cc2ccccc2Cl)s1)N(CC)CC.CCNCC.